The van der Waals surface area contributed by atoms with Crippen LogP contribution in [-0.4, -0.2) is 131 Å². The first-order valence-corrected chi connectivity index (χ1v) is 16.2. The van der Waals surface area contributed by atoms with E-state index >= 15 is 0 Å². The van der Waals surface area contributed by atoms with Crippen LogP contribution in [0.2, 0.25) is 0 Å². The van der Waals surface area contributed by atoms with Crippen molar-refractivity contribution in [3.8, 4) is 0 Å². The van der Waals surface area contributed by atoms with Crippen LogP contribution in [0.1, 0.15) is 44.8 Å². The Bertz CT molecular complexity index is 1230. The standard InChI is InChI=1S/C25H45N9O8S/c26-7-11-41-13-12-40-10-4-2-1-3-9-33(43(38,39)32-24(37)17-6-5-8-28-17)14-18-20(35)21(36)25(42-18)34-16-31-19-22(27)29-15-30-23(19)34/h15-18,20-21,24-25,28,32,35-37H,1-14,26H2,(H2,27,29,30)/t17-,18+,20+,21+,24?,25+/m0/s1. The quantitative estimate of drug-likeness (QED) is 0.0642. The highest BCUT2D eigenvalue weighted by Gasteiger charge is 2.46. The van der Waals surface area contributed by atoms with E-state index in [2.05, 4.69) is 25.0 Å². The van der Waals surface area contributed by atoms with Crippen LogP contribution in [-0.2, 0) is 24.4 Å². The van der Waals surface area contributed by atoms with Crippen molar-refractivity contribution in [3.05, 3.63) is 12.7 Å². The minimum absolute atomic E-state index is 0.110. The van der Waals surface area contributed by atoms with Crippen LogP contribution >= 0.6 is 0 Å². The van der Waals surface area contributed by atoms with Gasteiger partial charge in [0.15, 0.2) is 17.7 Å². The Morgan fingerprint density at radius 2 is 1.88 bits per heavy atom. The Hall–Kier alpha value is -2.10. The summed E-state index contributed by atoms with van der Waals surface area (Å²) in [4.78, 5) is 12.2. The summed E-state index contributed by atoms with van der Waals surface area (Å²) < 4.78 is 48.6. The molecule has 0 radical (unpaired) electrons. The monoisotopic (exact) mass is 631 g/mol. The number of ether oxygens (including phenoxy) is 3. The molecule has 244 valence electrons. The van der Waals surface area contributed by atoms with Gasteiger partial charge in [0.05, 0.1) is 26.1 Å². The molecule has 17 nitrogen and oxygen atoms in total. The van der Waals surface area contributed by atoms with E-state index in [9.17, 15) is 23.7 Å². The fraction of sp³-hybridized carbons (Fsp3) is 0.800. The Morgan fingerprint density at radius 3 is 2.63 bits per heavy atom. The van der Waals surface area contributed by atoms with Crippen molar-refractivity contribution in [1.29, 1.82) is 0 Å². The Kier molecular flexibility index (Phi) is 12.8. The lowest BCUT2D eigenvalue weighted by Crippen LogP contribution is -2.54. The first-order chi connectivity index (χ1) is 20.7. The first kappa shape index (κ1) is 33.8. The Balaban J connectivity index is 1.36. The molecule has 0 bridgehead atoms. The molecule has 43 heavy (non-hydrogen) atoms. The molecule has 2 fully saturated rings. The summed E-state index contributed by atoms with van der Waals surface area (Å²) in [7, 11) is -4.19. The number of nitrogens with zero attached hydrogens (tertiary/aromatic N) is 5. The van der Waals surface area contributed by atoms with Gasteiger partial charge in [-0.3, -0.25) is 4.57 Å². The lowest BCUT2D eigenvalue weighted by Gasteiger charge is -2.29. The summed E-state index contributed by atoms with van der Waals surface area (Å²) in [6.45, 7) is 3.06. The maximum Gasteiger partial charge on any atom is 0.281 e. The topological polar surface area (TPSA) is 245 Å². The van der Waals surface area contributed by atoms with E-state index in [0.717, 1.165) is 30.0 Å². The molecular weight excluding hydrogens is 586 g/mol. The van der Waals surface area contributed by atoms with E-state index in [-0.39, 0.29) is 18.9 Å². The highest BCUT2D eigenvalue weighted by Crippen LogP contribution is 2.32. The number of rotatable bonds is 19. The van der Waals surface area contributed by atoms with Crippen molar-refractivity contribution in [2.75, 3.05) is 58.3 Å². The van der Waals surface area contributed by atoms with Crippen molar-refractivity contribution < 1.29 is 37.9 Å². The highest BCUT2D eigenvalue weighted by molar-refractivity contribution is 7.87. The van der Waals surface area contributed by atoms with E-state index in [1.54, 1.807) is 0 Å². The van der Waals surface area contributed by atoms with Crippen LogP contribution in [0.15, 0.2) is 12.7 Å². The number of nitrogens with one attached hydrogen (secondary N) is 2. The van der Waals surface area contributed by atoms with Crippen molar-refractivity contribution in [1.82, 2.24) is 33.9 Å². The van der Waals surface area contributed by atoms with E-state index in [0.29, 0.717) is 63.5 Å². The number of nitrogens with two attached hydrogens (primary N) is 2. The van der Waals surface area contributed by atoms with Crippen molar-refractivity contribution in [2.45, 2.75) is 75.3 Å². The number of aliphatic hydroxyl groups is 3. The molecule has 4 rings (SSSR count). The molecule has 2 aromatic heterocycles. The summed E-state index contributed by atoms with van der Waals surface area (Å²) in [6, 6.07) is -0.402. The molecular formula is C25H45N9O8S. The molecule has 0 amide bonds. The second-order valence-electron chi connectivity index (χ2n) is 10.7. The minimum atomic E-state index is -4.19. The molecule has 9 N–H and O–H groups in total. The van der Waals surface area contributed by atoms with Gasteiger partial charge in [-0.15, -0.1) is 0 Å². The average molecular weight is 632 g/mol. The summed E-state index contributed by atoms with van der Waals surface area (Å²) in [6.07, 6.45) is 0.664. The van der Waals surface area contributed by atoms with Crippen molar-refractivity contribution in [3.63, 3.8) is 0 Å². The van der Waals surface area contributed by atoms with Gasteiger partial charge < -0.3 is 46.3 Å². The number of anilines is 1. The fourth-order valence-corrected chi connectivity index (χ4v) is 6.55. The fourth-order valence-electron chi connectivity index (χ4n) is 5.22. The second-order valence-corrected chi connectivity index (χ2v) is 12.4. The SMILES string of the molecule is NCCOCCOCCCCCCN(C[C@H]1O[C@@H](n2cnc3c(N)ncnc32)[C@H](O)[C@@H]1O)S(=O)(=O)NC(O)[C@@H]1CCCN1. The number of hydrogen-bond donors (Lipinski definition) is 7. The summed E-state index contributed by atoms with van der Waals surface area (Å²) in [5.74, 6) is 0.148. The zero-order chi connectivity index (χ0) is 30.8. The van der Waals surface area contributed by atoms with Gasteiger partial charge in [-0.1, -0.05) is 12.8 Å². The van der Waals surface area contributed by atoms with Gasteiger partial charge in [0, 0.05) is 32.3 Å². The van der Waals surface area contributed by atoms with Gasteiger partial charge >= 0.3 is 0 Å². The molecule has 0 saturated carbocycles. The van der Waals surface area contributed by atoms with Gasteiger partial charge in [0.25, 0.3) is 10.2 Å². The zero-order valence-corrected chi connectivity index (χ0v) is 25.0. The van der Waals surface area contributed by atoms with Crippen LogP contribution in [0.4, 0.5) is 5.82 Å². The maximum atomic E-state index is 13.5. The maximum absolute atomic E-state index is 13.5. The van der Waals surface area contributed by atoms with Crippen LogP contribution < -0.4 is 21.5 Å². The molecule has 2 saturated heterocycles. The van der Waals surface area contributed by atoms with E-state index in [4.69, 9.17) is 25.7 Å². The van der Waals surface area contributed by atoms with Gasteiger partial charge in [0.1, 0.15) is 36.4 Å². The zero-order valence-electron chi connectivity index (χ0n) is 24.2. The number of unbranched alkanes of at least 4 members (excludes halogenated alkanes) is 3. The lowest BCUT2D eigenvalue weighted by molar-refractivity contribution is -0.0388. The summed E-state index contributed by atoms with van der Waals surface area (Å²) in [5, 5.41) is 35.4. The molecule has 6 atom stereocenters. The van der Waals surface area contributed by atoms with Crippen LogP contribution in [0, 0.1) is 0 Å². The lowest BCUT2D eigenvalue weighted by atomic mass is 10.1. The molecule has 0 spiro atoms. The third-order valence-corrected chi connectivity index (χ3v) is 9.10. The molecule has 18 heteroatoms. The number of imidazole rings is 1. The average Bonchev–Trinajstić information content (AvgIpc) is 3.72. The van der Waals surface area contributed by atoms with Crippen LogP contribution in [0.3, 0.4) is 0 Å². The summed E-state index contributed by atoms with van der Waals surface area (Å²) in [5.41, 5.74) is 11.9. The van der Waals surface area contributed by atoms with Crippen LogP contribution in [0.5, 0.6) is 0 Å². The molecule has 2 aliphatic heterocycles. The predicted molar refractivity (Wildman–Crippen MR) is 155 cm³/mol. The van der Waals surface area contributed by atoms with Crippen molar-refractivity contribution >= 4 is 27.2 Å². The van der Waals surface area contributed by atoms with Gasteiger partial charge in [-0.2, -0.15) is 17.4 Å². The normalized spacial score (nSPS) is 25.3. The predicted octanol–water partition coefficient (Wildman–Crippen LogP) is -2.21. The third-order valence-electron chi connectivity index (χ3n) is 7.55. The molecule has 0 aliphatic carbocycles. The highest BCUT2D eigenvalue weighted by atomic mass is 32.2. The number of nitrogen functional groups attached to an aromatic ring is 1. The molecule has 2 aliphatic rings. The van der Waals surface area contributed by atoms with Gasteiger partial charge in [0.2, 0.25) is 0 Å². The minimum Gasteiger partial charge on any atom is -0.387 e. The number of aliphatic hydroxyl groups excluding tert-OH is 3. The Morgan fingerprint density at radius 1 is 1.12 bits per heavy atom. The molecule has 2 aromatic rings. The summed E-state index contributed by atoms with van der Waals surface area (Å²) >= 11 is 0. The second kappa shape index (κ2) is 16.3. The molecule has 4 heterocycles. The number of hydrogen-bond acceptors (Lipinski definition) is 14. The van der Waals surface area contributed by atoms with Gasteiger partial charge in [-0.25, -0.2) is 15.0 Å². The van der Waals surface area contributed by atoms with Gasteiger partial charge in [-0.05, 0) is 32.2 Å². The van der Waals surface area contributed by atoms with Crippen LogP contribution in [0.25, 0.3) is 11.2 Å². The largest absolute Gasteiger partial charge is 0.387 e. The molecule has 0 aromatic carbocycles. The van der Waals surface area contributed by atoms with E-state index in [1.165, 1.54) is 17.2 Å². The number of fused-ring (bicyclic) bond motifs is 1. The van der Waals surface area contributed by atoms with Crippen molar-refractivity contribution in [2.24, 2.45) is 5.73 Å². The Labute approximate surface area is 251 Å². The first-order valence-electron chi connectivity index (χ1n) is 14.7. The number of aromatic nitrogens is 4. The smallest absolute Gasteiger partial charge is 0.281 e. The van der Waals surface area contributed by atoms with E-state index in [1.807, 2.05) is 0 Å². The van der Waals surface area contributed by atoms with E-state index < -0.39 is 47.0 Å². The third kappa shape index (κ3) is 8.98. The molecule has 1 unspecified atom stereocenters.